The van der Waals surface area contributed by atoms with Crippen LogP contribution in [0.25, 0.3) is 0 Å². The molecule has 3 nitrogen and oxygen atoms in total. The molecule has 1 heterocycles. The number of para-hydroxylation sites is 1. The van der Waals surface area contributed by atoms with E-state index in [2.05, 4.69) is 48.4 Å². The maximum absolute atomic E-state index is 11.4. The quantitative estimate of drug-likeness (QED) is 0.782. The number of carbonyl (C=O) groups is 1. The van der Waals surface area contributed by atoms with E-state index >= 15 is 0 Å². The summed E-state index contributed by atoms with van der Waals surface area (Å²) in [4.78, 5) is 15.0. The van der Waals surface area contributed by atoms with Crippen molar-refractivity contribution in [2.75, 3.05) is 19.1 Å². The van der Waals surface area contributed by atoms with Crippen molar-refractivity contribution < 1.29 is 9.53 Å². The first-order chi connectivity index (χ1) is 9.69. The van der Waals surface area contributed by atoms with Gasteiger partial charge in [0.1, 0.15) is 0 Å². The van der Waals surface area contributed by atoms with Crippen molar-refractivity contribution in [3.8, 4) is 0 Å². The van der Waals surface area contributed by atoms with Gasteiger partial charge >= 0.3 is 5.97 Å². The van der Waals surface area contributed by atoms with E-state index in [0.29, 0.717) is 17.7 Å². The molecular formula is C16H17NO2S. The minimum absolute atomic E-state index is 0.189. The fraction of sp³-hybridized carbons (Fsp3) is 0.312. The Kier molecular flexibility index (Phi) is 3.57. The summed E-state index contributed by atoms with van der Waals surface area (Å²) in [7, 11) is 3.54. The van der Waals surface area contributed by atoms with Crippen molar-refractivity contribution in [1.29, 1.82) is 0 Å². The molecule has 104 valence electrons. The molecule has 0 unspecified atom stereocenters. The number of carbonyl (C=O) groups excluding carboxylic acids is 1. The van der Waals surface area contributed by atoms with Crippen molar-refractivity contribution >= 4 is 23.4 Å². The third-order valence-electron chi connectivity index (χ3n) is 3.75. The lowest BCUT2D eigenvalue weighted by Gasteiger charge is -2.40. The van der Waals surface area contributed by atoms with E-state index in [4.69, 9.17) is 4.74 Å². The van der Waals surface area contributed by atoms with Gasteiger partial charge in [0.05, 0.1) is 30.5 Å². The molecule has 0 bridgehead atoms. The fourth-order valence-corrected chi connectivity index (χ4v) is 4.00. The van der Waals surface area contributed by atoms with E-state index in [9.17, 15) is 4.79 Å². The summed E-state index contributed by atoms with van der Waals surface area (Å²) in [6.07, 6.45) is 6.77. The Bertz CT molecular complexity index is 594. The van der Waals surface area contributed by atoms with Crippen LogP contribution in [-0.4, -0.2) is 31.4 Å². The predicted molar refractivity (Wildman–Crippen MR) is 82.1 cm³/mol. The van der Waals surface area contributed by atoms with Gasteiger partial charge in [-0.3, -0.25) is 4.79 Å². The molecular weight excluding hydrogens is 270 g/mol. The van der Waals surface area contributed by atoms with Crippen LogP contribution in [0.2, 0.25) is 0 Å². The van der Waals surface area contributed by atoms with Crippen molar-refractivity contribution in [2.45, 2.75) is 22.6 Å². The Hall–Kier alpha value is -1.68. The third kappa shape index (κ3) is 2.36. The molecule has 0 aromatic heterocycles. The number of allylic oxidation sites excluding steroid dienone is 1. The smallest absolute Gasteiger partial charge is 0.309 e. The molecule has 0 radical (unpaired) electrons. The number of ether oxygens (including phenoxy) is 1. The summed E-state index contributed by atoms with van der Waals surface area (Å²) in [6.45, 7) is 0. The number of benzene rings is 1. The first kappa shape index (κ1) is 13.3. The predicted octanol–water partition coefficient (Wildman–Crippen LogP) is 3.03. The zero-order valence-corrected chi connectivity index (χ0v) is 12.4. The third-order valence-corrected chi connectivity index (χ3v) is 5.06. The molecule has 1 aromatic carbocycles. The number of esters is 1. The molecule has 0 saturated carbocycles. The molecule has 1 aromatic rings. The number of nitrogens with zero attached hydrogens (tertiary/aromatic N) is 1. The lowest BCUT2D eigenvalue weighted by Crippen LogP contribution is -2.42. The van der Waals surface area contributed by atoms with Gasteiger partial charge in [-0.1, -0.05) is 30.4 Å². The van der Waals surface area contributed by atoms with Gasteiger partial charge in [-0.15, -0.1) is 11.8 Å². The van der Waals surface area contributed by atoms with Crippen molar-refractivity contribution in [1.82, 2.24) is 0 Å². The lowest BCUT2D eigenvalue weighted by molar-refractivity contribution is -0.139. The standard InChI is InChI=1S/C16H17NO2S/c1-17-12-5-3-4-6-14(12)20-15-8-7-11(9-13(15)17)10-16(18)19-2/h3-9,13,15H,10H2,1-2H3/t13-,15-/m0/s1. The van der Waals surface area contributed by atoms with Crippen molar-refractivity contribution in [2.24, 2.45) is 0 Å². The molecule has 0 amide bonds. The highest BCUT2D eigenvalue weighted by Gasteiger charge is 2.32. The first-order valence-electron chi connectivity index (χ1n) is 6.63. The Morgan fingerprint density at radius 2 is 2.20 bits per heavy atom. The zero-order valence-electron chi connectivity index (χ0n) is 11.6. The van der Waals surface area contributed by atoms with E-state index in [0.717, 1.165) is 5.57 Å². The SMILES string of the molecule is COC(=O)CC1=C[C@H]2[C@H](C=C1)Sc1ccccc1N2C. The Labute approximate surface area is 123 Å². The monoisotopic (exact) mass is 287 g/mol. The molecule has 20 heavy (non-hydrogen) atoms. The van der Waals surface area contributed by atoms with Gasteiger partial charge in [-0.2, -0.15) is 0 Å². The molecule has 0 fully saturated rings. The number of anilines is 1. The molecule has 0 N–H and O–H groups in total. The highest BCUT2D eigenvalue weighted by molar-refractivity contribution is 8.00. The normalized spacial score (nSPS) is 23.7. The number of rotatable bonds is 2. The van der Waals surface area contributed by atoms with E-state index in [1.165, 1.54) is 17.7 Å². The maximum Gasteiger partial charge on any atom is 0.309 e. The Morgan fingerprint density at radius 3 is 3.00 bits per heavy atom. The molecule has 0 spiro atoms. The highest BCUT2D eigenvalue weighted by atomic mass is 32.2. The molecule has 2 atom stereocenters. The van der Waals surface area contributed by atoms with Crippen LogP contribution in [0.3, 0.4) is 0 Å². The fourth-order valence-electron chi connectivity index (χ4n) is 2.66. The Morgan fingerprint density at radius 1 is 1.40 bits per heavy atom. The van der Waals surface area contributed by atoms with Crippen LogP contribution in [0.1, 0.15) is 6.42 Å². The number of hydrogen-bond donors (Lipinski definition) is 0. The lowest BCUT2D eigenvalue weighted by atomic mass is 9.98. The van der Waals surface area contributed by atoms with Gasteiger partial charge < -0.3 is 9.64 Å². The number of likely N-dealkylation sites (N-methyl/N-ethyl adjacent to an activating group) is 1. The van der Waals surface area contributed by atoms with Crippen molar-refractivity contribution in [3.63, 3.8) is 0 Å². The number of methoxy groups -OCH3 is 1. The zero-order chi connectivity index (χ0) is 14.1. The second-order valence-electron chi connectivity index (χ2n) is 5.01. The number of hydrogen-bond acceptors (Lipinski definition) is 4. The minimum Gasteiger partial charge on any atom is -0.469 e. The van der Waals surface area contributed by atoms with Gasteiger partial charge in [0.25, 0.3) is 0 Å². The maximum atomic E-state index is 11.4. The highest BCUT2D eigenvalue weighted by Crippen LogP contribution is 2.43. The summed E-state index contributed by atoms with van der Waals surface area (Å²) >= 11 is 1.88. The Balaban J connectivity index is 1.87. The second-order valence-corrected chi connectivity index (χ2v) is 6.23. The summed E-state index contributed by atoms with van der Waals surface area (Å²) in [5.74, 6) is -0.189. The van der Waals surface area contributed by atoms with Crippen molar-refractivity contribution in [3.05, 3.63) is 48.1 Å². The van der Waals surface area contributed by atoms with Crippen LogP contribution in [-0.2, 0) is 9.53 Å². The van der Waals surface area contributed by atoms with Crippen LogP contribution >= 0.6 is 11.8 Å². The molecule has 3 rings (SSSR count). The average Bonchev–Trinajstić information content (AvgIpc) is 2.48. The molecule has 4 heteroatoms. The first-order valence-corrected chi connectivity index (χ1v) is 7.51. The summed E-state index contributed by atoms with van der Waals surface area (Å²) < 4.78 is 4.74. The van der Waals surface area contributed by atoms with Gasteiger partial charge in [0, 0.05) is 11.9 Å². The topological polar surface area (TPSA) is 29.5 Å². The average molecular weight is 287 g/mol. The van der Waals surface area contributed by atoms with E-state index in [1.54, 1.807) is 0 Å². The summed E-state index contributed by atoms with van der Waals surface area (Å²) in [5, 5.41) is 0.399. The van der Waals surface area contributed by atoms with Crippen LogP contribution < -0.4 is 4.90 Å². The van der Waals surface area contributed by atoms with Crippen LogP contribution in [0.15, 0.2) is 53.0 Å². The van der Waals surface area contributed by atoms with Crippen LogP contribution in [0.5, 0.6) is 0 Å². The van der Waals surface area contributed by atoms with Gasteiger partial charge in [0.15, 0.2) is 0 Å². The van der Waals surface area contributed by atoms with Crippen LogP contribution in [0.4, 0.5) is 5.69 Å². The number of fused-ring (bicyclic) bond motifs is 2. The second kappa shape index (κ2) is 5.37. The summed E-state index contributed by atoms with van der Waals surface area (Å²) in [5.41, 5.74) is 2.28. The van der Waals surface area contributed by atoms with Gasteiger partial charge in [-0.05, 0) is 17.7 Å². The molecule has 0 saturated heterocycles. The summed E-state index contributed by atoms with van der Waals surface area (Å²) in [6, 6.07) is 8.73. The largest absolute Gasteiger partial charge is 0.469 e. The van der Waals surface area contributed by atoms with Crippen LogP contribution in [0, 0.1) is 0 Å². The molecule has 1 aliphatic carbocycles. The van der Waals surface area contributed by atoms with Gasteiger partial charge in [-0.25, -0.2) is 0 Å². The minimum atomic E-state index is -0.189. The van der Waals surface area contributed by atoms with E-state index in [-0.39, 0.29) is 5.97 Å². The van der Waals surface area contributed by atoms with E-state index < -0.39 is 0 Å². The molecule has 2 aliphatic rings. The van der Waals surface area contributed by atoms with Gasteiger partial charge in [0.2, 0.25) is 0 Å². The number of thioether (sulfide) groups is 1. The molecule has 1 aliphatic heterocycles. The van der Waals surface area contributed by atoms with E-state index in [1.807, 2.05) is 17.8 Å².